The molecule has 0 saturated heterocycles. The molecule has 5 heteroatoms. The maximum absolute atomic E-state index is 11.9. The van der Waals surface area contributed by atoms with Crippen LogP contribution in [0.5, 0.6) is 0 Å². The van der Waals surface area contributed by atoms with Crippen LogP contribution in [0.3, 0.4) is 0 Å². The maximum atomic E-state index is 11.9. The molecule has 2 N–H and O–H groups in total. The Balaban J connectivity index is 1.99. The first-order chi connectivity index (χ1) is 9.16. The van der Waals surface area contributed by atoms with Crippen LogP contribution in [0.1, 0.15) is 17.3 Å². The van der Waals surface area contributed by atoms with Gasteiger partial charge < -0.3 is 10.6 Å². The summed E-state index contributed by atoms with van der Waals surface area (Å²) in [5.41, 5.74) is 1.37. The molecule has 0 atom stereocenters. The van der Waals surface area contributed by atoms with E-state index in [0.29, 0.717) is 18.7 Å². The summed E-state index contributed by atoms with van der Waals surface area (Å²) in [7, 11) is 0. The van der Waals surface area contributed by atoms with E-state index < -0.39 is 0 Å². The van der Waals surface area contributed by atoms with Crippen LogP contribution in [-0.4, -0.2) is 29.9 Å². The van der Waals surface area contributed by atoms with E-state index in [9.17, 15) is 9.59 Å². The Labute approximate surface area is 111 Å². The van der Waals surface area contributed by atoms with Crippen molar-refractivity contribution in [1.82, 2.24) is 15.6 Å². The molecule has 0 radical (unpaired) electrons. The van der Waals surface area contributed by atoms with Gasteiger partial charge in [-0.3, -0.25) is 14.6 Å². The monoisotopic (exact) mass is 257 g/mol. The Morgan fingerprint density at radius 2 is 1.89 bits per heavy atom. The van der Waals surface area contributed by atoms with Crippen molar-refractivity contribution in [3.8, 4) is 0 Å². The Morgan fingerprint density at radius 1 is 1.16 bits per heavy atom. The number of rotatable bonds is 4. The van der Waals surface area contributed by atoms with E-state index in [1.807, 2.05) is 24.3 Å². The molecule has 98 valence electrons. The van der Waals surface area contributed by atoms with Gasteiger partial charge in [0.2, 0.25) is 5.91 Å². The van der Waals surface area contributed by atoms with Gasteiger partial charge in [0.05, 0.1) is 11.1 Å². The Bertz CT molecular complexity index is 610. The maximum Gasteiger partial charge on any atom is 0.252 e. The van der Waals surface area contributed by atoms with Gasteiger partial charge in [0, 0.05) is 31.6 Å². The van der Waals surface area contributed by atoms with E-state index in [1.165, 1.54) is 6.92 Å². The predicted molar refractivity (Wildman–Crippen MR) is 72.8 cm³/mol. The van der Waals surface area contributed by atoms with E-state index in [4.69, 9.17) is 0 Å². The molecule has 0 saturated carbocycles. The molecule has 2 aromatic rings. The number of hydrogen-bond acceptors (Lipinski definition) is 3. The summed E-state index contributed by atoms with van der Waals surface area (Å²) in [5, 5.41) is 6.27. The zero-order valence-corrected chi connectivity index (χ0v) is 10.6. The zero-order valence-electron chi connectivity index (χ0n) is 10.6. The molecule has 0 fully saturated rings. The van der Waals surface area contributed by atoms with Crippen molar-refractivity contribution >= 4 is 22.7 Å². The number of benzene rings is 1. The molecule has 5 nitrogen and oxygen atoms in total. The first-order valence-corrected chi connectivity index (χ1v) is 6.04. The van der Waals surface area contributed by atoms with Crippen molar-refractivity contribution in [2.45, 2.75) is 6.92 Å². The van der Waals surface area contributed by atoms with Crippen LogP contribution < -0.4 is 10.6 Å². The fraction of sp³-hybridized carbons (Fsp3) is 0.214. The largest absolute Gasteiger partial charge is 0.355 e. The van der Waals surface area contributed by atoms with Crippen molar-refractivity contribution in [1.29, 1.82) is 0 Å². The Kier molecular flexibility index (Phi) is 4.07. The highest BCUT2D eigenvalue weighted by molar-refractivity contribution is 5.97. The summed E-state index contributed by atoms with van der Waals surface area (Å²) in [6.07, 6.45) is 1.55. The van der Waals surface area contributed by atoms with Crippen LogP contribution in [0.25, 0.3) is 10.9 Å². The highest BCUT2D eigenvalue weighted by Crippen LogP contribution is 2.12. The second-order valence-electron chi connectivity index (χ2n) is 4.16. The molecule has 19 heavy (non-hydrogen) atoms. The van der Waals surface area contributed by atoms with Gasteiger partial charge in [-0.2, -0.15) is 0 Å². The molecule has 1 aromatic heterocycles. The molecular weight excluding hydrogens is 242 g/mol. The van der Waals surface area contributed by atoms with Crippen molar-refractivity contribution in [3.05, 3.63) is 42.1 Å². The van der Waals surface area contributed by atoms with Gasteiger partial charge in [-0.1, -0.05) is 18.2 Å². The highest BCUT2D eigenvalue weighted by Gasteiger charge is 2.06. The lowest BCUT2D eigenvalue weighted by molar-refractivity contribution is -0.118. The molecule has 0 aliphatic rings. The van der Waals surface area contributed by atoms with Crippen LogP contribution in [0.4, 0.5) is 0 Å². The van der Waals surface area contributed by atoms with Crippen LogP contribution in [-0.2, 0) is 4.79 Å². The molecule has 2 rings (SSSR count). The number of nitrogens with zero attached hydrogens (tertiary/aromatic N) is 1. The molecule has 1 aromatic carbocycles. The van der Waals surface area contributed by atoms with Gasteiger partial charge in [-0.05, 0) is 12.1 Å². The number of amides is 2. The molecule has 0 spiro atoms. The van der Waals surface area contributed by atoms with E-state index in [0.717, 1.165) is 10.9 Å². The van der Waals surface area contributed by atoms with Crippen LogP contribution in [0, 0.1) is 0 Å². The molecule has 0 aliphatic carbocycles. The lowest BCUT2D eigenvalue weighted by atomic mass is 10.1. The number of carbonyl (C=O) groups excluding carboxylic acids is 2. The van der Waals surface area contributed by atoms with Gasteiger partial charge in [0.25, 0.3) is 5.91 Å². The lowest BCUT2D eigenvalue weighted by Gasteiger charge is -2.06. The second-order valence-corrected chi connectivity index (χ2v) is 4.16. The normalized spacial score (nSPS) is 10.2. The third kappa shape index (κ3) is 3.51. The Hall–Kier alpha value is -2.43. The molecular formula is C14H15N3O2. The average Bonchev–Trinajstić information content (AvgIpc) is 2.42. The van der Waals surface area contributed by atoms with Crippen molar-refractivity contribution in [2.75, 3.05) is 13.1 Å². The van der Waals surface area contributed by atoms with Crippen LogP contribution in [0.15, 0.2) is 36.5 Å². The predicted octanol–water partition coefficient (Wildman–Crippen LogP) is 1.10. The van der Waals surface area contributed by atoms with Gasteiger partial charge in [-0.25, -0.2) is 0 Å². The number of carbonyl (C=O) groups is 2. The standard InChI is InChI=1S/C14H15N3O2/c1-10(18)15-6-7-16-14(19)12-8-11-4-2-3-5-13(11)17-9-12/h2-5,8-9H,6-7H2,1H3,(H,15,18)(H,16,19). The summed E-state index contributed by atoms with van der Waals surface area (Å²) < 4.78 is 0. The van der Waals surface area contributed by atoms with E-state index in [-0.39, 0.29) is 11.8 Å². The molecule has 0 aliphatic heterocycles. The average molecular weight is 257 g/mol. The van der Waals surface area contributed by atoms with E-state index >= 15 is 0 Å². The lowest BCUT2D eigenvalue weighted by Crippen LogP contribution is -2.33. The first kappa shape index (κ1) is 13.0. The Morgan fingerprint density at radius 3 is 2.68 bits per heavy atom. The zero-order chi connectivity index (χ0) is 13.7. The molecule has 2 amide bonds. The quantitative estimate of drug-likeness (QED) is 0.806. The number of nitrogens with one attached hydrogen (secondary N) is 2. The third-order valence-corrected chi connectivity index (χ3v) is 2.64. The summed E-state index contributed by atoms with van der Waals surface area (Å²) in [4.78, 5) is 26.8. The van der Waals surface area contributed by atoms with E-state index in [2.05, 4.69) is 15.6 Å². The topological polar surface area (TPSA) is 71.1 Å². The van der Waals surface area contributed by atoms with Crippen molar-refractivity contribution in [2.24, 2.45) is 0 Å². The third-order valence-electron chi connectivity index (χ3n) is 2.64. The van der Waals surface area contributed by atoms with E-state index in [1.54, 1.807) is 12.3 Å². The highest BCUT2D eigenvalue weighted by atomic mass is 16.2. The summed E-state index contributed by atoms with van der Waals surface area (Å²) >= 11 is 0. The van der Waals surface area contributed by atoms with Crippen molar-refractivity contribution in [3.63, 3.8) is 0 Å². The van der Waals surface area contributed by atoms with Crippen LogP contribution >= 0.6 is 0 Å². The van der Waals surface area contributed by atoms with Gasteiger partial charge in [0.15, 0.2) is 0 Å². The second kappa shape index (κ2) is 5.95. The molecule has 0 unspecified atom stereocenters. The number of para-hydroxylation sites is 1. The molecule has 1 heterocycles. The van der Waals surface area contributed by atoms with Crippen LogP contribution in [0.2, 0.25) is 0 Å². The summed E-state index contributed by atoms with van der Waals surface area (Å²) in [5.74, 6) is -0.301. The number of hydrogen-bond donors (Lipinski definition) is 2. The SMILES string of the molecule is CC(=O)NCCNC(=O)c1cnc2ccccc2c1. The minimum absolute atomic E-state index is 0.110. The van der Waals surface area contributed by atoms with Gasteiger partial charge in [-0.15, -0.1) is 0 Å². The van der Waals surface area contributed by atoms with Gasteiger partial charge >= 0.3 is 0 Å². The van der Waals surface area contributed by atoms with Gasteiger partial charge in [0.1, 0.15) is 0 Å². The number of pyridine rings is 1. The minimum Gasteiger partial charge on any atom is -0.355 e. The fourth-order valence-electron chi connectivity index (χ4n) is 1.71. The number of fused-ring (bicyclic) bond motifs is 1. The van der Waals surface area contributed by atoms with Crippen molar-refractivity contribution < 1.29 is 9.59 Å². The fourth-order valence-corrected chi connectivity index (χ4v) is 1.71. The first-order valence-electron chi connectivity index (χ1n) is 6.04. The minimum atomic E-state index is -0.191. The molecule has 0 bridgehead atoms. The smallest absolute Gasteiger partial charge is 0.252 e. The summed E-state index contributed by atoms with van der Waals surface area (Å²) in [6, 6.07) is 9.42. The summed E-state index contributed by atoms with van der Waals surface area (Å²) in [6.45, 7) is 2.25. The number of aromatic nitrogens is 1.